The summed E-state index contributed by atoms with van der Waals surface area (Å²) in [6.07, 6.45) is 5.50. The third-order valence-corrected chi connectivity index (χ3v) is 6.53. The van der Waals surface area contributed by atoms with Gasteiger partial charge in [-0.25, -0.2) is 0 Å². The fourth-order valence-electron chi connectivity index (χ4n) is 4.30. The first-order valence-corrected chi connectivity index (χ1v) is 10.3. The van der Waals surface area contributed by atoms with Crippen molar-refractivity contribution < 1.29 is 14.3 Å². The number of nitrogens with one attached hydrogen (secondary N) is 1. The molecule has 1 aromatic rings. The van der Waals surface area contributed by atoms with Crippen molar-refractivity contribution >= 4 is 23.3 Å². The van der Waals surface area contributed by atoms with E-state index in [1.807, 2.05) is 11.8 Å². The number of hydrogen-bond acceptors (Lipinski definition) is 6. The van der Waals surface area contributed by atoms with Gasteiger partial charge in [-0.3, -0.25) is 9.59 Å². The maximum absolute atomic E-state index is 13.2. The molecule has 0 bridgehead atoms. The van der Waals surface area contributed by atoms with E-state index in [1.54, 1.807) is 7.11 Å². The molecule has 2 amide bonds. The van der Waals surface area contributed by atoms with E-state index in [9.17, 15) is 9.59 Å². The largest absolute Gasteiger partial charge is 0.376 e. The molecule has 144 valence electrons. The SMILES string of the molecule is CCCc1nnsc1C(=O)N1CC[C@]2(OC)CC[C@@H](NC(=O)CC)C[C@H]12. The minimum atomic E-state index is -0.299. The van der Waals surface area contributed by atoms with E-state index in [-0.39, 0.29) is 29.5 Å². The Morgan fingerprint density at radius 1 is 1.38 bits per heavy atom. The smallest absolute Gasteiger partial charge is 0.267 e. The van der Waals surface area contributed by atoms with E-state index in [0.29, 0.717) is 17.8 Å². The Kier molecular flexibility index (Phi) is 5.92. The standard InChI is InChI=1S/C18H28N4O3S/c1-4-6-13-16(26-21-20-13)17(24)22-10-9-18(25-3)8-7-12(11-14(18)22)19-15(23)5-2/h12,14H,4-11H2,1-3H3,(H,19,23)/t12-,14+,18-/m1/s1. The average molecular weight is 381 g/mol. The first-order valence-electron chi connectivity index (χ1n) is 9.51. The average Bonchev–Trinajstić information content (AvgIpc) is 3.26. The van der Waals surface area contributed by atoms with E-state index in [1.165, 1.54) is 11.5 Å². The molecule has 1 saturated heterocycles. The maximum Gasteiger partial charge on any atom is 0.267 e. The van der Waals surface area contributed by atoms with Crippen molar-refractivity contribution in [3.63, 3.8) is 0 Å². The molecular weight excluding hydrogens is 352 g/mol. The number of ether oxygens (including phenoxy) is 1. The van der Waals surface area contributed by atoms with Crippen LogP contribution in [0.25, 0.3) is 0 Å². The van der Waals surface area contributed by atoms with Crippen molar-refractivity contribution in [2.24, 2.45) is 0 Å². The Bertz CT molecular complexity index is 665. The second-order valence-corrected chi connectivity index (χ2v) is 7.98. The van der Waals surface area contributed by atoms with Crippen LogP contribution in [-0.4, -0.2) is 57.6 Å². The Hall–Kier alpha value is -1.54. The normalized spacial score (nSPS) is 28.0. The van der Waals surface area contributed by atoms with Gasteiger partial charge < -0.3 is 15.0 Å². The number of aryl methyl sites for hydroxylation is 1. The summed E-state index contributed by atoms with van der Waals surface area (Å²) in [7, 11) is 1.74. The molecule has 1 N–H and O–H groups in total. The molecule has 1 aliphatic heterocycles. The minimum Gasteiger partial charge on any atom is -0.376 e. The molecule has 2 fully saturated rings. The van der Waals surface area contributed by atoms with Crippen LogP contribution < -0.4 is 5.32 Å². The van der Waals surface area contributed by atoms with E-state index in [2.05, 4.69) is 21.8 Å². The molecular formula is C18H28N4O3S. The number of fused-ring (bicyclic) bond motifs is 1. The van der Waals surface area contributed by atoms with Gasteiger partial charge in [0.1, 0.15) is 4.88 Å². The lowest BCUT2D eigenvalue weighted by atomic mass is 9.78. The number of hydrogen-bond donors (Lipinski definition) is 1. The van der Waals surface area contributed by atoms with E-state index >= 15 is 0 Å². The predicted molar refractivity (Wildman–Crippen MR) is 99.2 cm³/mol. The van der Waals surface area contributed by atoms with Crippen molar-refractivity contribution in [3.05, 3.63) is 10.6 Å². The van der Waals surface area contributed by atoms with Gasteiger partial charge >= 0.3 is 0 Å². The highest BCUT2D eigenvalue weighted by atomic mass is 32.1. The summed E-state index contributed by atoms with van der Waals surface area (Å²) >= 11 is 1.18. The highest BCUT2D eigenvalue weighted by molar-refractivity contribution is 7.08. The lowest BCUT2D eigenvalue weighted by Crippen LogP contribution is -2.55. The molecule has 2 aliphatic rings. The zero-order valence-electron chi connectivity index (χ0n) is 15.8. The van der Waals surface area contributed by atoms with E-state index < -0.39 is 0 Å². The van der Waals surface area contributed by atoms with Crippen LogP contribution in [0.2, 0.25) is 0 Å². The maximum atomic E-state index is 13.2. The number of amides is 2. The van der Waals surface area contributed by atoms with Gasteiger partial charge in [-0.2, -0.15) is 0 Å². The molecule has 7 nitrogen and oxygen atoms in total. The van der Waals surface area contributed by atoms with Crippen LogP contribution in [0.15, 0.2) is 0 Å². The number of aromatic nitrogens is 2. The number of carbonyl (C=O) groups is 2. The lowest BCUT2D eigenvalue weighted by molar-refractivity contribution is -0.122. The van der Waals surface area contributed by atoms with Gasteiger partial charge in [0.05, 0.1) is 17.3 Å². The summed E-state index contributed by atoms with van der Waals surface area (Å²) in [6, 6.07) is 0.0753. The zero-order valence-corrected chi connectivity index (χ0v) is 16.6. The summed E-state index contributed by atoms with van der Waals surface area (Å²) < 4.78 is 9.92. The number of rotatable bonds is 6. The van der Waals surface area contributed by atoms with Gasteiger partial charge in [0.2, 0.25) is 5.91 Å². The van der Waals surface area contributed by atoms with Gasteiger partial charge in [-0.1, -0.05) is 24.8 Å². The van der Waals surface area contributed by atoms with Crippen molar-refractivity contribution in [2.75, 3.05) is 13.7 Å². The van der Waals surface area contributed by atoms with Crippen LogP contribution in [0.4, 0.5) is 0 Å². The Labute approximate surface area is 158 Å². The van der Waals surface area contributed by atoms with E-state index in [0.717, 1.165) is 44.2 Å². The third-order valence-electron chi connectivity index (χ3n) is 5.77. The van der Waals surface area contributed by atoms with Crippen LogP contribution >= 0.6 is 11.5 Å². The first-order chi connectivity index (χ1) is 12.5. The summed E-state index contributed by atoms with van der Waals surface area (Å²) in [5.74, 6) is 0.0718. The molecule has 0 unspecified atom stereocenters. The second kappa shape index (κ2) is 8.00. The Morgan fingerprint density at radius 2 is 2.19 bits per heavy atom. The molecule has 1 aliphatic carbocycles. The predicted octanol–water partition coefficient (Wildman–Crippen LogP) is 2.17. The highest BCUT2D eigenvalue weighted by Crippen LogP contribution is 2.43. The molecule has 0 aromatic carbocycles. The van der Waals surface area contributed by atoms with Gasteiger partial charge in [-0.05, 0) is 43.6 Å². The first kappa shape index (κ1) is 19.2. The van der Waals surface area contributed by atoms with Crippen LogP contribution in [-0.2, 0) is 16.0 Å². The fourth-order valence-corrected chi connectivity index (χ4v) is 4.97. The van der Waals surface area contributed by atoms with Gasteiger partial charge in [-0.15, -0.1) is 5.10 Å². The monoisotopic (exact) mass is 380 g/mol. The molecule has 2 heterocycles. The van der Waals surface area contributed by atoms with Gasteiger partial charge in [0.25, 0.3) is 5.91 Å². The Balaban J connectivity index is 1.80. The molecule has 1 saturated carbocycles. The van der Waals surface area contributed by atoms with Crippen LogP contribution in [0.5, 0.6) is 0 Å². The van der Waals surface area contributed by atoms with Gasteiger partial charge in [0, 0.05) is 26.1 Å². The molecule has 26 heavy (non-hydrogen) atoms. The summed E-state index contributed by atoms with van der Waals surface area (Å²) in [5.41, 5.74) is 0.496. The molecule has 0 radical (unpaired) electrons. The quantitative estimate of drug-likeness (QED) is 0.818. The zero-order chi connectivity index (χ0) is 18.7. The molecule has 0 spiro atoms. The second-order valence-electron chi connectivity index (χ2n) is 7.22. The molecule has 3 atom stereocenters. The van der Waals surface area contributed by atoms with Crippen molar-refractivity contribution in [1.29, 1.82) is 0 Å². The lowest BCUT2D eigenvalue weighted by Gasteiger charge is -2.43. The fraction of sp³-hybridized carbons (Fsp3) is 0.778. The van der Waals surface area contributed by atoms with Crippen molar-refractivity contribution in [3.8, 4) is 0 Å². The summed E-state index contributed by atoms with van der Waals surface area (Å²) in [5, 5.41) is 7.23. The summed E-state index contributed by atoms with van der Waals surface area (Å²) in [6.45, 7) is 4.60. The highest BCUT2D eigenvalue weighted by Gasteiger charge is 2.53. The van der Waals surface area contributed by atoms with Crippen LogP contribution in [0, 0.1) is 0 Å². The van der Waals surface area contributed by atoms with Crippen LogP contribution in [0.3, 0.4) is 0 Å². The Morgan fingerprint density at radius 3 is 2.88 bits per heavy atom. The van der Waals surface area contributed by atoms with Crippen molar-refractivity contribution in [1.82, 2.24) is 19.8 Å². The van der Waals surface area contributed by atoms with Crippen LogP contribution in [0.1, 0.15) is 67.7 Å². The molecule has 8 heteroatoms. The van der Waals surface area contributed by atoms with E-state index in [4.69, 9.17) is 4.74 Å². The number of carbonyl (C=O) groups excluding carboxylic acids is 2. The number of methoxy groups -OCH3 is 1. The molecule has 3 rings (SSSR count). The topological polar surface area (TPSA) is 84.4 Å². The summed E-state index contributed by atoms with van der Waals surface area (Å²) in [4.78, 5) is 27.6. The number of nitrogens with zero attached hydrogens (tertiary/aromatic N) is 3. The number of likely N-dealkylation sites (tertiary alicyclic amines) is 1. The minimum absolute atomic E-state index is 0.00911. The molecule has 1 aromatic heterocycles. The van der Waals surface area contributed by atoms with Gasteiger partial charge in [0.15, 0.2) is 0 Å². The third kappa shape index (κ3) is 3.49. The van der Waals surface area contributed by atoms with Crippen molar-refractivity contribution in [2.45, 2.75) is 76.5 Å².